The van der Waals surface area contributed by atoms with Crippen molar-refractivity contribution in [2.75, 3.05) is 4.90 Å². The van der Waals surface area contributed by atoms with Gasteiger partial charge in [0.25, 0.3) is 0 Å². The van der Waals surface area contributed by atoms with Crippen LogP contribution in [0.15, 0.2) is 36.8 Å². The standard InChI is InChI=1S/C13H11N3/c1-2-4-12-9(3-1)5-10-6-11-13(16(10)12)7-14-8-15-11/h1-4,7-8,10H,5-6H2. The Morgan fingerprint density at radius 3 is 3.06 bits per heavy atom. The summed E-state index contributed by atoms with van der Waals surface area (Å²) in [5, 5.41) is 0. The number of nitrogens with zero attached hydrogens (tertiary/aromatic N) is 3. The van der Waals surface area contributed by atoms with Gasteiger partial charge in [-0.25, -0.2) is 9.97 Å². The van der Waals surface area contributed by atoms with Gasteiger partial charge in [-0.1, -0.05) is 18.2 Å². The van der Waals surface area contributed by atoms with Crippen LogP contribution in [0.2, 0.25) is 0 Å². The SMILES string of the molecule is c1ccc2c(c1)CC1Cc3ncncc3N21. The fourth-order valence-electron chi connectivity index (χ4n) is 2.88. The Bertz CT molecular complexity index is 515. The van der Waals surface area contributed by atoms with E-state index in [4.69, 9.17) is 0 Å². The van der Waals surface area contributed by atoms with Crippen LogP contribution in [0.3, 0.4) is 0 Å². The molecule has 0 saturated heterocycles. The Morgan fingerprint density at radius 1 is 1.12 bits per heavy atom. The molecule has 0 fully saturated rings. The average molecular weight is 209 g/mol. The molecule has 1 atom stereocenters. The van der Waals surface area contributed by atoms with Crippen molar-refractivity contribution in [1.29, 1.82) is 0 Å². The highest BCUT2D eigenvalue weighted by Crippen LogP contribution is 2.44. The third kappa shape index (κ3) is 0.927. The van der Waals surface area contributed by atoms with Crippen molar-refractivity contribution in [3.63, 3.8) is 0 Å². The lowest BCUT2D eigenvalue weighted by Crippen LogP contribution is -2.22. The van der Waals surface area contributed by atoms with E-state index >= 15 is 0 Å². The van der Waals surface area contributed by atoms with Crippen LogP contribution in [0.5, 0.6) is 0 Å². The quantitative estimate of drug-likeness (QED) is 0.665. The van der Waals surface area contributed by atoms with E-state index in [1.807, 2.05) is 6.20 Å². The number of rotatable bonds is 0. The summed E-state index contributed by atoms with van der Waals surface area (Å²) in [5.41, 5.74) is 5.16. The summed E-state index contributed by atoms with van der Waals surface area (Å²) < 4.78 is 0. The lowest BCUT2D eigenvalue weighted by Gasteiger charge is -2.19. The molecule has 0 saturated carbocycles. The van der Waals surface area contributed by atoms with Gasteiger partial charge in [-0.05, 0) is 18.1 Å². The molecule has 2 aromatic rings. The number of aromatic nitrogens is 2. The van der Waals surface area contributed by atoms with Gasteiger partial charge in [-0.15, -0.1) is 0 Å². The largest absolute Gasteiger partial charge is 0.335 e. The van der Waals surface area contributed by atoms with Crippen molar-refractivity contribution in [3.05, 3.63) is 48.0 Å². The molecule has 0 bridgehead atoms. The number of hydrogen-bond donors (Lipinski definition) is 0. The zero-order valence-electron chi connectivity index (χ0n) is 8.80. The first-order valence-electron chi connectivity index (χ1n) is 5.59. The molecule has 0 spiro atoms. The summed E-state index contributed by atoms with van der Waals surface area (Å²) in [6.07, 6.45) is 5.76. The summed E-state index contributed by atoms with van der Waals surface area (Å²) in [6.45, 7) is 0. The highest BCUT2D eigenvalue weighted by Gasteiger charge is 2.37. The molecule has 0 radical (unpaired) electrons. The van der Waals surface area contributed by atoms with Crippen LogP contribution in [-0.2, 0) is 12.8 Å². The predicted molar refractivity (Wildman–Crippen MR) is 61.8 cm³/mol. The molecule has 1 unspecified atom stereocenters. The van der Waals surface area contributed by atoms with Gasteiger partial charge in [-0.2, -0.15) is 0 Å². The molecule has 1 aromatic heterocycles. The minimum Gasteiger partial charge on any atom is -0.335 e. The number of fused-ring (bicyclic) bond motifs is 5. The van der Waals surface area contributed by atoms with Gasteiger partial charge in [0.15, 0.2) is 0 Å². The Hall–Kier alpha value is -1.90. The number of hydrogen-bond acceptors (Lipinski definition) is 3. The van der Waals surface area contributed by atoms with Crippen molar-refractivity contribution < 1.29 is 0 Å². The second-order valence-electron chi connectivity index (χ2n) is 4.42. The molecule has 16 heavy (non-hydrogen) atoms. The van der Waals surface area contributed by atoms with E-state index in [1.54, 1.807) is 6.33 Å². The summed E-state index contributed by atoms with van der Waals surface area (Å²) >= 11 is 0. The minimum absolute atomic E-state index is 0.559. The van der Waals surface area contributed by atoms with Crippen LogP contribution in [0.1, 0.15) is 11.3 Å². The summed E-state index contributed by atoms with van der Waals surface area (Å²) in [6, 6.07) is 9.19. The number of benzene rings is 1. The first-order valence-corrected chi connectivity index (χ1v) is 5.59. The Kier molecular flexibility index (Phi) is 1.46. The van der Waals surface area contributed by atoms with Gasteiger partial charge in [0.2, 0.25) is 0 Å². The zero-order chi connectivity index (χ0) is 10.5. The van der Waals surface area contributed by atoms with Crippen molar-refractivity contribution >= 4 is 11.4 Å². The van der Waals surface area contributed by atoms with Gasteiger partial charge in [-0.3, -0.25) is 0 Å². The monoisotopic (exact) mass is 209 g/mol. The van der Waals surface area contributed by atoms with Gasteiger partial charge < -0.3 is 4.90 Å². The van der Waals surface area contributed by atoms with E-state index in [-0.39, 0.29) is 0 Å². The third-order valence-corrected chi connectivity index (χ3v) is 3.53. The average Bonchev–Trinajstić information content (AvgIpc) is 2.83. The zero-order valence-corrected chi connectivity index (χ0v) is 8.80. The summed E-state index contributed by atoms with van der Waals surface area (Å²) in [4.78, 5) is 10.9. The number of anilines is 2. The molecule has 3 heteroatoms. The number of para-hydroxylation sites is 1. The summed E-state index contributed by atoms with van der Waals surface area (Å²) in [7, 11) is 0. The fraction of sp³-hybridized carbons (Fsp3) is 0.231. The van der Waals surface area contributed by atoms with Crippen molar-refractivity contribution in [1.82, 2.24) is 9.97 Å². The van der Waals surface area contributed by atoms with Crippen molar-refractivity contribution in [3.8, 4) is 0 Å². The lowest BCUT2D eigenvalue weighted by atomic mass is 10.1. The maximum atomic E-state index is 4.36. The summed E-state index contributed by atoms with van der Waals surface area (Å²) in [5.74, 6) is 0. The van der Waals surface area contributed by atoms with E-state index in [9.17, 15) is 0 Å². The van der Waals surface area contributed by atoms with Gasteiger partial charge in [0.05, 0.1) is 17.6 Å². The van der Waals surface area contributed by atoms with Gasteiger partial charge >= 0.3 is 0 Å². The van der Waals surface area contributed by atoms with Crippen molar-refractivity contribution in [2.24, 2.45) is 0 Å². The molecule has 3 heterocycles. The Morgan fingerprint density at radius 2 is 2.06 bits per heavy atom. The maximum Gasteiger partial charge on any atom is 0.115 e. The van der Waals surface area contributed by atoms with Gasteiger partial charge in [0, 0.05) is 18.2 Å². The van der Waals surface area contributed by atoms with Crippen molar-refractivity contribution in [2.45, 2.75) is 18.9 Å². The molecule has 78 valence electrons. The second kappa shape index (κ2) is 2.82. The van der Waals surface area contributed by atoms with E-state index in [0.29, 0.717) is 6.04 Å². The third-order valence-electron chi connectivity index (χ3n) is 3.53. The first-order chi connectivity index (χ1) is 7.93. The highest BCUT2D eigenvalue weighted by molar-refractivity contribution is 5.75. The van der Waals surface area contributed by atoms with Gasteiger partial charge in [0.1, 0.15) is 6.33 Å². The minimum atomic E-state index is 0.559. The second-order valence-corrected chi connectivity index (χ2v) is 4.42. The van der Waals surface area contributed by atoms with E-state index < -0.39 is 0 Å². The highest BCUT2D eigenvalue weighted by atomic mass is 15.2. The first kappa shape index (κ1) is 8.28. The molecule has 3 nitrogen and oxygen atoms in total. The molecule has 2 aliphatic rings. The van der Waals surface area contributed by atoms with Crippen LogP contribution >= 0.6 is 0 Å². The van der Waals surface area contributed by atoms with Crippen LogP contribution in [-0.4, -0.2) is 16.0 Å². The molecular formula is C13H11N3. The fourth-order valence-corrected chi connectivity index (χ4v) is 2.88. The van der Waals surface area contributed by atoms with E-state index in [2.05, 4.69) is 39.1 Å². The van der Waals surface area contributed by atoms with Crippen LogP contribution in [0.25, 0.3) is 0 Å². The van der Waals surface area contributed by atoms with Crippen LogP contribution < -0.4 is 4.90 Å². The predicted octanol–water partition coefficient (Wildman–Crippen LogP) is 2.10. The van der Waals surface area contributed by atoms with Crippen LogP contribution in [0.4, 0.5) is 11.4 Å². The topological polar surface area (TPSA) is 29.0 Å². The van der Waals surface area contributed by atoms with E-state index in [0.717, 1.165) is 12.8 Å². The smallest absolute Gasteiger partial charge is 0.115 e. The normalized spacial score (nSPS) is 20.5. The van der Waals surface area contributed by atoms with E-state index in [1.165, 1.54) is 22.6 Å². The molecule has 0 N–H and O–H groups in total. The molecule has 2 aliphatic heterocycles. The maximum absolute atomic E-state index is 4.36. The van der Waals surface area contributed by atoms with Crippen LogP contribution in [0, 0.1) is 0 Å². The Labute approximate surface area is 93.8 Å². The lowest BCUT2D eigenvalue weighted by molar-refractivity contribution is 0.718. The molecule has 1 aromatic carbocycles. The molecule has 0 amide bonds. The molecule has 0 aliphatic carbocycles. The molecule has 4 rings (SSSR count). The Balaban J connectivity index is 1.93. The molecular weight excluding hydrogens is 198 g/mol.